The minimum atomic E-state index is -2.95. The van der Waals surface area contributed by atoms with Gasteiger partial charge in [-0.2, -0.15) is 0 Å². The zero-order valence-electron chi connectivity index (χ0n) is 7.15. The molecule has 1 N–H and O–H groups in total. The van der Waals surface area contributed by atoms with Crippen molar-refractivity contribution in [1.29, 1.82) is 0 Å². The van der Waals surface area contributed by atoms with Crippen LogP contribution in [0.5, 0.6) is 0 Å². The monoisotopic (exact) mass is 238 g/mol. The van der Waals surface area contributed by atoms with Gasteiger partial charge >= 0.3 is 5.82 Å². The number of aliphatic hydroxyl groups excluding tert-OH is 1. The molecule has 82 valence electrons. The first-order chi connectivity index (χ1) is 6.97. The van der Waals surface area contributed by atoms with Crippen LogP contribution in [-0.4, -0.2) is 15.0 Å². The Hall–Kier alpha value is -1.34. The van der Waals surface area contributed by atoms with Crippen LogP contribution in [0, 0.1) is 10.1 Å². The fraction of sp³-hybridized carbons (Fsp3) is 0.286. The van der Waals surface area contributed by atoms with E-state index < -0.39 is 40.1 Å². The number of nitrogens with zero attached hydrogens (tertiary/aromatic N) is 2. The van der Waals surface area contributed by atoms with Gasteiger partial charge in [0.2, 0.25) is 5.15 Å². The summed E-state index contributed by atoms with van der Waals surface area (Å²) in [5.74, 6) is -0.847. The van der Waals surface area contributed by atoms with Crippen LogP contribution in [0.3, 0.4) is 0 Å². The molecule has 1 rings (SSSR count). The van der Waals surface area contributed by atoms with Crippen molar-refractivity contribution in [3.8, 4) is 0 Å². The van der Waals surface area contributed by atoms with Crippen LogP contribution < -0.4 is 0 Å². The van der Waals surface area contributed by atoms with E-state index in [-0.39, 0.29) is 0 Å². The summed E-state index contributed by atoms with van der Waals surface area (Å²) in [4.78, 5) is 12.7. The summed E-state index contributed by atoms with van der Waals surface area (Å²) in [7, 11) is 0. The maximum Gasteiger partial charge on any atom is 0.371 e. The lowest BCUT2D eigenvalue weighted by Crippen LogP contribution is -2.04. The molecule has 0 aliphatic carbocycles. The minimum absolute atomic E-state index is 0.408. The van der Waals surface area contributed by atoms with Crippen LogP contribution in [0.25, 0.3) is 0 Å². The minimum Gasteiger partial charge on any atom is -0.391 e. The maximum absolute atomic E-state index is 12.4. The van der Waals surface area contributed by atoms with Crippen molar-refractivity contribution in [3.05, 3.63) is 32.5 Å². The van der Waals surface area contributed by atoms with E-state index in [1.165, 1.54) is 0 Å². The predicted molar refractivity (Wildman–Crippen MR) is 46.8 cm³/mol. The molecule has 0 aromatic carbocycles. The van der Waals surface area contributed by atoms with Gasteiger partial charge in [0, 0.05) is 11.6 Å². The fourth-order valence-corrected chi connectivity index (χ4v) is 1.25. The van der Waals surface area contributed by atoms with Gasteiger partial charge < -0.3 is 15.2 Å². The van der Waals surface area contributed by atoms with Crippen molar-refractivity contribution in [2.24, 2.45) is 0 Å². The third-order valence-corrected chi connectivity index (χ3v) is 1.87. The van der Waals surface area contributed by atoms with Gasteiger partial charge in [0.1, 0.15) is 0 Å². The Morgan fingerprint density at radius 2 is 2.27 bits per heavy atom. The summed E-state index contributed by atoms with van der Waals surface area (Å²) in [5, 5.41) is 18.8. The number of aromatic nitrogens is 1. The number of hydrogen-bond donors (Lipinski definition) is 1. The summed E-state index contributed by atoms with van der Waals surface area (Å²) in [6, 6.07) is 0.796. The first-order valence-corrected chi connectivity index (χ1v) is 4.08. The fourth-order valence-electron chi connectivity index (χ4n) is 1.05. The van der Waals surface area contributed by atoms with E-state index in [4.69, 9.17) is 16.7 Å². The first kappa shape index (κ1) is 11.7. The highest BCUT2D eigenvalue weighted by Crippen LogP contribution is 2.30. The summed E-state index contributed by atoms with van der Waals surface area (Å²) in [6.07, 6.45) is -2.95. The second-order valence-corrected chi connectivity index (χ2v) is 2.94. The molecule has 1 aromatic rings. The van der Waals surface area contributed by atoms with E-state index >= 15 is 0 Å². The number of nitro groups is 1. The molecule has 8 heteroatoms. The van der Waals surface area contributed by atoms with Gasteiger partial charge in [0.25, 0.3) is 6.43 Å². The molecular weight excluding hydrogens is 234 g/mol. The van der Waals surface area contributed by atoms with Gasteiger partial charge in [-0.1, -0.05) is 0 Å². The molecule has 0 aliphatic heterocycles. The molecule has 1 heterocycles. The first-order valence-electron chi connectivity index (χ1n) is 3.70. The summed E-state index contributed by atoms with van der Waals surface area (Å²) >= 11 is 5.34. The van der Waals surface area contributed by atoms with Crippen molar-refractivity contribution in [2.45, 2.75) is 13.0 Å². The predicted octanol–water partition coefficient (Wildman–Crippen LogP) is 2.07. The molecule has 0 fully saturated rings. The van der Waals surface area contributed by atoms with E-state index in [1.54, 1.807) is 0 Å². The zero-order valence-corrected chi connectivity index (χ0v) is 7.91. The molecule has 15 heavy (non-hydrogen) atoms. The molecule has 5 nitrogen and oxygen atoms in total. The molecule has 0 spiro atoms. The van der Waals surface area contributed by atoms with Crippen LogP contribution in [0.4, 0.5) is 14.6 Å². The van der Waals surface area contributed by atoms with E-state index in [2.05, 4.69) is 4.98 Å². The van der Waals surface area contributed by atoms with E-state index in [0.717, 1.165) is 6.07 Å². The smallest absolute Gasteiger partial charge is 0.371 e. The Morgan fingerprint density at radius 1 is 1.67 bits per heavy atom. The van der Waals surface area contributed by atoms with Gasteiger partial charge in [-0.25, -0.2) is 8.78 Å². The number of alkyl halides is 2. The Balaban J connectivity index is 3.45. The van der Waals surface area contributed by atoms with E-state index in [1.807, 2.05) is 0 Å². The van der Waals surface area contributed by atoms with Crippen LogP contribution in [0.1, 0.15) is 17.6 Å². The van der Waals surface area contributed by atoms with Crippen molar-refractivity contribution in [3.63, 3.8) is 0 Å². The SMILES string of the molecule is O=[N+]([O-])c1nc(Cl)cc(C(F)F)c1CO. The molecule has 0 aliphatic rings. The van der Waals surface area contributed by atoms with E-state index in [9.17, 15) is 18.9 Å². The van der Waals surface area contributed by atoms with Gasteiger partial charge in [0.05, 0.1) is 12.2 Å². The molecule has 0 amide bonds. The van der Waals surface area contributed by atoms with Crippen LogP contribution in [-0.2, 0) is 6.61 Å². The number of pyridine rings is 1. The summed E-state index contributed by atoms with van der Waals surface area (Å²) in [5.41, 5.74) is -1.19. The summed E-state index contributed by atoms with van der Waals surface area (Å²) < 4.78 is 24.8. The Kier molecular flexibility index (Phi) is 3.48. The highest BCUT2D eigenvalue weighted by molar-refractivity contribution is 6.29. The van der Waals surface area contributed by atoms with Gasteiger partial charge in [-0.3, -0.25) is 0 Å². The normalized spacial score (nSPS) is 10.7. The standard InChI is InChI=1S/C7H5ClF2N2O3/c8-5-1-3(6(9)10)4(2-13)7(11-5)12(14)15/h1,6,13H,2H2. The average molecular weight is 239 g/mol. The topological polar surface area (TPSA) is 76.3 Å². The molecule has 0 atom stereocenters. The van der Waals surface area contributed by atoms with Crippen LogP contribution in [0.15, 0.2) is 6.07 Å². The Morgan fingerprint density at radius 3 is 2.67 bits per heavy atom. The summed E-state index contributed by atoms with van der Waals surface area (Å²) in [6.45, 7) is -0.889. The van der Waals surface area contributed by atoms with Crippen molar-refractivity contribution >= 4 is 17.4 Å². The molecule has 0 bridgehead atoms. The number of aliphatic hydroxyl groups is 1. The van der Waals surface area contributed by atoms with E-state index in [0.29, 0.717) is 0 Å². The molecule has 0 saturated carbocycles. The molecule has 0 unspecified atom stereocenters. The lowest BCUT2D eigenvalue weighted by molar-refractivity contribution is -0.390. The average Bonchev–Trinajstić information content (AvgIpc) is 2.16. The largest absolute Gasteiger partial charge is 0.391 e. The maximum atomic E-state index is 12.4. The highest BCUT2D eigenvalue weighted by Gasteiger charge is 2.25. The molecule has 0 radical (unpaired) electrons. The second-order valence-electron chi connectivity index (χ2n) is 2.55. The molecule has 0 saturated heterocycles. The molecular formula is C7H5ClF2N2O3. The number of halogens is 3. The number of rotatable bonds is 3. The zero-order chi connectivity index (χ0) is 11.6. The Labute approximate surface area is 87.5 Å². The van der Waals surface area contributed by atoms with Crippen molar-refractivity contribution in [2.75, 3.05) is 0 Å². The lowest BCUT2D eigenvalue weighted by Gasteiger charge is -2.05. The van der Waals surface area contributed by atoms with Gasteiger partial charge in [-0.15, -0.1) is 0 Å². The quantitative estimate of drug-likeness (QED) is 0.497. The number of hydrogen-bond acceptors (Lipinski definition) is 4. The third kappa shape index (κ3) is 2.37. The lowest BCUT2D eigenvalue weighted by atomic mass is 10.1. The van der Waals surface area contributed by atoms with Crippen molar-refractivity contribution < 1.29 is 18.8 Å². The van der Waals surface area contributed by atoms with Gasteiger partial charge in [-0.05, 0) is 21.5 Å². The van der Waals surface area contributed by atoms with Crippen LogP contribution in [0.2, 0.25) is 5.15 Å². The van der Waals surface area contributed by atoms with Crippen LogP contribution >= 0.6 is 11.6 Å². The second kappa shape index (κ2) is 4.45. The Bertz CT molecular complexity index is 400. The van der Waals surface area contributed by atoms with Gasteiger partial charge in [0.15, 0.2) is 0 Å². The third-order valence-electron chi connectivity index (χ3n) is 1.67. The molecule has 1 aromatic heterocycles. The van der Waals surface area contributed by atoms with Crippen molar-refractivity contribution in [1.82, 2.24) is 4.98 Å². The highest BCUT2D eigenvalue weighted by atomic mass is 35.5.